The lowest BCUT2D eigenvalue weighted by Gasteiger charge is -2.11. The minimum absolute atomic E-state index is 0.389. The van der Waals surface area contributed by atoms with Gasteiger partial charge < -0.3 is 0 Å². The van der Waals surface area contributed by atoms with Gasteiger partial charge in [-0.05, 0) is 36.3 Å². The molecule has 0 aromatic carbocycles. The summed E-state index contributed by atoms with van der Waals surface area (Å²) in [7, 11) is 0. The van der Waals surface area contributed by atoms with Gasteiger partial charge in [0.15, 0.2) is 0 Å². The summed E-state index contributed by atoms with van der Waals surface area (Å²) in [6, 6.07) is 4.86. The molecule has 0 radical (unpaired) electrons. The molecule has 1 atom stereocenters. The molecule has 3 rings (SSSR count). The molecule has 1 aliphatic carbocycles. The van der Waals surface area contributed by atoms with Crippen molar-refractivity contribution in [3.63, 3.8) is 0 Å². The van der Waals surface area contributed by atoms with Gasteiger partial charge in [-0.25, -0.2) is 0 Å². The Hall–Kier alpha value is -0.420. The van der Waals surface area contributed by atoms with Crippen molar-refractivity contribution in [3.8, 4) is 0 Å². The second-order valence-corrected chi connectivity index (χ2v) is 5.84. The Kier molecular flexibility index (Phi) is 2.09. The van der Waals surface area contributed by atoms with Crippen molar-refractivity contribution in [2.75, 3.05) is 0 Å². The minimum Gasteiger partial charge on any atom is -0.271 e. The maximum Gasteiger partial charge on any atom is 0.0582 e. The Morgan fingerprint density at radius 2 is 2.29 bits per heavy atom. The van der Waals surface area contributed by atoms with Gasteiger partial charge in [-0.2, -0.15) is 0 Å². The van der Waals surface area contributed by atoms with E-state index in [2.05, 4.69) is 22.9 Å². The third-order valence-corrected chi connectivity index (χ3v) is 4.91. The van der Waals surface area contributed by atoms with E-state index in [9.17, 15) is 0 Å². The fourth-order valence-electron chi connectivity index (χ4n) is 1.82. The quantitative estimate of drug-likeness (QED) is 0.621. The number of hydrogen-bond acceptors (Lipinski definition) is 4. The molecule has 0 amide bonds. The van der Waals surface area contributed by atoms with Gasteiger partial charge in [0.2, 0.25) is 0 Å². The summed E-state index contributed by atoms with van der Waals surface area (Å²) < 4.78 is 2.79. The first-order valence-corrected chi connectivity index (χ1v) is 6.51. The van der Waals surface area contributed by atoms with Gasteiger partial charge in [0.25, 0.3) is 0 Å². The van der Waals surface area contributed by atoms with Crippen molar-refractivity contribution < 1.29 is 0 Å². The monoisotopic (exact) mass is 224 g/mol. The van der Waals surface area contributed by atoms with Crippen LogP contribution in [-0.4, -0.2) is 0 Å². The molecule has 4 heteroatoms. The largest absolute Gasteiger partial charge is 0.271 e. The first-order chi connectivity index (χ1) is 6.88. The van der Waals surface area contributed by atoms with E-state index in [0.29, 0.717) is 6.04 Å². The normalized spacial score (nSPS) is 18.9. The first-order valence-electron chi connectivity index (χ1n) is 4.81. The summed E-state index contributed by atoms with van der Waals surface area (Å²) in [6.07, 6.45) is 2.64. The summed E-state index contributed by atoms with van der Waals surface area (Å²) >= 11 is 3.68. The number of fused-ring (bicyclic) bond motifs is 1. The number of nitrogens with two attached hydrogens (primary N) is 1. The highest BCUT2D eigenvalue weighted by Crippen LogP contribution is 2.44. The number of hydrogen-bond donors (Lipinski definition) is 2. The van der Waals surface area contributed by atoms with Gasteiger partial charge in [-0.3, -0.25) is 11.3 Å². The molecule has 1 fully saturated rings. The molecule has 2 aromatic rings. The van der Waals surface area contributed by atoms with Crippen LogP contribution in [0.1, 0.15) is 23.8 Å². The van der Waals surface area contributed by atoms with Crippen molar-refractivity contribution in [2.45, 2.75) is 18.9 Å². The molecular weight excluding hydrogens is 212 g/mol. The van der Waals surface area contributed by atoms with Gasteiger partial charge in [-0.15, -0.1) is 22.7 Å². The van der Waals surface area contributed by atoms with Crippen LogP contribution in [0.5, 0.6) is 0 Å². The Labute approximate surface area is 90.7 Å². The molecule has 2 heterocycles. The second-order valence-electron chi connectivity index (χ2n) is 3.78. The van der Waals surface area contributed by atoms with Crippen molar-refractivity contribution in [1.29, 1.82) is 0 Å². The van der Waals surface area contributed by atoms with E-state index < -0.39 is 0 Å². The van der Waals surface area contributed by atoms with Crippen molar-refractivity contribution in [2.24, 2.45) is 11.8 Å². The van der Waals surface area contributed by atoms with Crippen LogP contribution in [-0.2, 0) is 0 Å². The zero-order chi connectivity index (χ0) is 9.54. The SMILES string of the molecule is NNC(c1cc2sccc2s1)C1CC1. The van der Waals surface area contributed by atoms with E-state index in [4.69, 9.17) is 5.84 Å². The van der Waals surface area contributed by atoms with E-state index in [1.807, 2.05) is 22.7 Å². The molecule has 74 valence electrons. The van der Waals surface area contributed by atoms with Crippen LogP contribution in [0, 0.1) is 5.92 Å². The summed E-state index contributed by atoms with van der Waals surface area (Å²) in [5.74, 6) is 6.37. The summed E-state index contributed by atoms with van der Waals surface area (Å²) in [6.45, 7) is 0. The van der Waals surface area contributed by atoms with E-state index in [1.165, 1.54) is 27.1 Å². The topological polar surface area (TPSA) is 38.0 Å². The van der Waals surface area contributed by atoms with Crippen LogP contribution < -0.4 is 11.3 Å². The number of hydrazine groups is 1. The first kappa shape index (κ1) is 8.85. The van der Waals surface area contributed by atoms with Crippen LogP contribution >= 0.6 is 22.7 Å². The smallest absolute Gasteiger partial charge is 0.0582 e. The standard InChI is InChI=1S/C10H12N2S2/c11-12-10(6-1-2-6)9-5-8-7(14-9)3-4-13-8/h3-6,10,12H,1-2,11H2. The third-order valence-electron chi connectivity index (χ3n) is 2.74. The van der Waals surface area contributed by atoms with E-state index in [1.54, 1.807) is 0 Å². The minimum atomic E-state index is 0.389. The van der Waals surface area contributed by atoms with Crippen LogP contribution in [0.3, 0.4) is 0 Å². The number of rotatable bonds is 3. The van der Waals surface area contributed by atoms with Gasteiger partial charge >= 0.3 is 0 Å². The van der Waals surface area contributed by atoms with Gasteiger partial charge in [0.1, 0.15) is 0 Å². The summed E-state index contributed by atoms with van der Waals surface area (Å²) in [5, 5.41) is 2.15. The lowest BCUT2D eigenvalue weighted by molar-refractivity contribution is 0.505. The van der Waals surface area contributed by atoms with Crippen LogP contribution in [0.15, 0.2) is 17.5 Å². The Morgan fingerprint density at radius 1 is 1.43 bits per heavy atom. The lowest BCUT2D eigenvalue weighted by atomic mass is 10.1. The fourth-order valence-corrected chi connectivity index (χ4v) is 4.09. The summed E-state index contributed by atoms with van der Waals surface area (Å²) in [4.78, 5) is 1.40. The molecule has 0 aliphatic heterocycles. The highest BCUT2D eigenvalue weighted by molar-refractivity contribution is 7.26. The molecular formula is C10H12N2S2. The molecule has 0 spiro atoms. The van der Waals surface area contributed by atoms with Crippen LogP contribution in [0.4, 0.5) is 0 Å². The Morgan fingerprint density at radius 3 is 2.93 bits per heavy atom. The Bertz CT molecular complexity index is 413. The number of thiophene rings is 2. The molecule has 3 N–H and O–H groups in total. The third kappa shape index (κ3) is 1.39. The fraction of sp³-hybridized carbons (Fsp3) is 0.400. The van der Waals surface area contributed by atoms with Gasteiger partial charge in [0, 0.05) is 14.3 Å². The predicted molar refractivity (Wildman–Crippen MR) is 62.5 cm³/mol. The van der Waals surface area contributed by atoms with E-state index >= 15 is 0 Å². The van der Waals surface area contributed by atoms with E-state index in [0.717, 1.165) is 5.92 Å². The molecule has 1 aliphatic rings. The highest BCUT2D eigenvalue weighted by Gasteiger charge is 2.32. The molecule has 2 aromatic heterocycles. The highest BCUT2D eigenvalue weighted by atomic mass is 32.1. The van der Waals surface area contributed by atoms with Crippen molar-refractivity contribution in [3.05, 3.63) is 22.4 Å². The number of nitrogens with one attached hydrogen (secondary N) is 1. The average Bonchev–Trinajstić information content (AvgIpc) is 2.75. The zero-order valence-corrected chi connectivity index (χ0v) is 9.33. The second kappa shape index (κ2) is 3.31. The molecule has 1 unspecified atom stereocenters. The maximum absolute atomic E-state index is 5.60. The predicted octanol–water partition coefficient (Wildman–Crippen LogP) is 2.88. The van der Waals surface area contributed by atoms with Crippen molar-refractivity contribution >= 4 is 32.1 Å². The molecule has 2 nitrogen and oxygen atoms in total. The lowest BCUT2D eigenvalue weighted by Crippen LogP contribution is -2.28. The van der Waals surface area contributed by atoms with Gasteiger partial charge in [0.05, 0.1) is 6.04 Å². The van der Waals surface area contributed by atoms with Crippen molar-refractivity contribution in [1.82, 2.24) is 5.43 Å². The summed E-state index contributed by atoms with van der Waals surface area (Å²) in [5.41, 5.74) is 2.95. The average molecular weight is 224 g/mol. The van der Waals surface area contributed by atoms with Crippen LogP contribution in [0.2, 0.25) is 0 Å². The van der Waals surface area contributed by atoms with E-state index in [-0.39, 0.29) is 0 Å². The Balaban J connectivity index is 1.99. The maximum atomic E-state index is 5.60. The zero-order valence-electron chi connectivity index (χ0n) is 7.69. The van der Waals surface area contributed by atoms with Crippen LogP contribution in [0.25, 0.3) is 9.40 Å². The molecule has 0 saturated heterocycles. The molecule has 14 heavy (non-hydrogen) atoms. The van der Waals surface area contributed by atoms with Gasteiger partial charge in [-0.1, -0.05) is 0 Å². The molecule has 0 bridgehead atoms. The molecule has 1 saturated carbocycles.